The molecule has 2 aromatic rings. The summed E-state index contributed by atoms with van der Waals surface area (Å²) in [5.41, 5.74) is 1.47. The molecule has 3 N–H and O–H groups in total. The highest BCUT2D eigenvalue weighted by Gasteiger charge is 2.16. The Kier molecular flexibility index (Phi) is 6.20. The molecule has 0 aliphatic carbocycles. The van der Waals surface area contributed by atoms with Crippen LogP contribution >= 0.6 is 11.3 Å². The number of nitrogens with zero attached hydrogens (tertiary/aromatic N) is 1. The number of aryl methyl sites for hydroxylation is 1. The quantitative estimate of drug-likeness (QED) is 0.412. The first kappa shape index (κ1) is 18.6. The number of carbonyl (C=O) groups is 2. The Bertz CT molecular complexity index is 776. The lowest BCUT2D eigenvalue weighted by molar-refractivity contribution is -0.384. The minimum Gasteiger partial charge on any atom is -0.388 e. The summed E-state index contributed by atoms with van der Waals surface area (Å²) in [5, 5.41) is 29.1. The van der Waals surface area contributed by atoms with Gasteiger partial charge in [-0.25, -0.2) is 0 Å². The molecule has 0 saturated carbocycles. The van der Waals surface area contributed by atoms with Crippen LogP contribution in [0.1, 0.15) is 23.7 Å². The Hall–Kier alpha value is -2.78. The van der Waals surface area contributed by atoms with Crippen LogP contribution in [-0.2, 0) is 9.59 Å². The number of benzene rings is 1. The van der Waals surface area contributed by atoms with E-state index in [0.29, 0.717) is 11.3 Å². The second-order valence-electron chi connectivity index (χ2n) is 5.33. The summed E-state index contributed by atoms with van der Waals surface area (Å²) in [5.74, 6) is -1.71. The predicted octanol–water partition coefficient (Wildman–Crippen LogP) is 2.14. The van der Waals surface area contributed by atoms with E-state index in [-0.39, 0.29) is 18.7 Å². The molecule has 1 heterocycles. The highest BCUT2D eigenvalue weighted by atomic mass is 32.1. The van der Waals surface area contributed by atoms with E-state index in [1.165, 1.54) is 29.5 Å². The molecule has 8 nitrogen and oxygen atoms in total. The van der Waals surface area contributed by atoms with E-state index in [1.54, 1.807) is 13.0 Å². The van der Waals surface area contributed by atoms with E-state index in [9.17, 15) is 24.8 Å². The van der Waals surface area contributed by atoms with Gasteiger partial charge < -0.3 is 15.7 Å². The lowest BCUT2D eigenvalue weighted by Gasteiger charge is -2.11. The van der Waals surface area contributed by atoms with Crippen molar-refractivity contribution in [2.75, 3.05) is 11.9 Å². The van der Waals surface area contributed by atoms with E-state index >= 15 is 0 Å². The van der Waals surface area contributed by atoms with Crippen molar-refractivity contribution in [2.24, 2.45) is 0 Å². The zero-order valence-corrected chi connectivity index (χ0v) is 14.2. The fourth-order valence-electron chi connectivity index (χ4n) is 2.11. The molecule has 1 atom stereocenters. The van der Waals surface area contributed by atoms with Crippen LogP contribution in [0.5, 0.6) is 0 Å². The van der Waals surface area contributed by atoms with Crippen LogP contribution in [0.15, 0.2) is 35.0 Å². The second-order valence-corrected chi connectivity index (χ2v) is 6.11. The molecule has 9 heteroatoms. The second kappa shape index (κ2) is 8.36. The minimum atomic E-state index is -0.873. The number of nitro groups is 1. The van der Waals surface area contributed by atoms with Crippen LogP contribution in [-0.4, -0.2) is 28.4 Å². The summed E-state index contributed by atoms with van der Waals surface area (Å²) in [7, 11) is 0. The van der Waals surface area contributed by atoms with Crippen LogP contribution in [0.25, 0.3) is 0 Å². The van der Waals surface area contributed by atoms with Crippen molar-refractivity contribution in [1.82, 2.24) is 5.32 Å². The molecule has 0 saturated heterocycles. The molecule has 0 fully saturated rings. The molecular formula is C16H17N3O5S. The maximum absolute atomic E-state index is 11.9. The number of hydrogen-bond donors (Lipinski definition) is 3. The first-order valence-corrected chi connectivity index (χ1v) is 8.37. The van der Waals surface area contributed by atoms with Gasteiger partial charge in [-0.05, 0) is 47.4 Å². The molecule has 2 rings (SSSR count). The number of carbonyl (C=O) groups excluding carboxylic acids is 2. The molecule has 0 radical (unpaired) electrons. The van der Waals surface area contributed by atoms with Gasteiger partial charge in [-0.15, -0.1) is 0 Å². The van der Waals surface area contributed by atoms with Gasteiger partial charge in [0.1, 0.15) is 0 Å². The van der Waals surface area contributed by atoms with E-state index in [1.807, 2.05) is 10.8 Å². The van der Waals surface area contributed by atoms with Crippen molar-refractivity contribution in [3.05, 3.63) is 56.3 Å². The Labute approximate surface area is 147 Å². The lowest BCUT2D eigenvalue weighted by Crippen LogP contribution is -2.36. The van der Waals surface area contributed by atoms with Gasteiger partial charge in [0.05, 0.1) is 11.0 Å². The van der Waals surface area contributed by atoms with Gasteiger partial charge in [0.2, 0.25) is 0 Å². The topological polar surface area (TPSA) is 122 Å². The smallest absolute Gasteiger partial charge is 0.313 e. The zero-order valence-electron chi connectivity index (χ0n) is 13.4. The summed E-state index contributed by atoms with van der Waals surface area (Å²) >= 11 is 1.46. The number of thiophene rings is 1. The van der Waals surface area contributed by atoms with Crippen LogP contribution in [0.4, 0.5) is 11.4 Å². The van der Waals surface area contributed by atoms with Crippen LogP contribution in [0, 0.1) is 17.0 Å². The maximum Gasteiger partial charge on any atom is 0.313 e. The monoisotopic (exact) mass is 363 g/mol. The molecule has 25 heavy (non-hydrogen) atoms. The summed E-state index contributed by atoms with van der Waals surface area (Å²) in [6.45, 7) is 1.74. The average molecular weight is 363 g/mol. The Morgan fingerprint density at radius 3 is 2.68 bits per heavy atom. The summed E-state index contributed by atoms with van der Waals surface area (Å²) in [6.07, 6.45) is -0.418. The maximum atomic E-state index is 11.9. The number of rotatable bonds is 6. The van der Waals surface area contributed by atoms with Crippen molar-refractivity contribution >= 4 is 34.5 Å². The number of non-ortho nitro benzene ring substituents is 1. The number of nitro benzene ring substituents is 1. The molecule has 0 bridgehead atoms. The van der Waals surface area contributed by atoms with Gasteiger partial charge in [-0.2, -0.15) is 11.3 Å². The molecule has 0 spiro atoms. The number of anilines is 1. The van der Waals surface area contributed by atoms with Crippen LogP contribution < -0.4 is 10.6 Å². The van der Waals surface area contributed by atoms with Crippen molar-refractivity contribution in [3.63, 3.8) is 0 Å². The highest BCUT2D eigenvalue weighted by Crippen LogP contribution is 2.21. The Morgan fingerprint density at radius 2 is 2.08 bits per heavy atom. The van der Waals surface area contributed by atoms with Crippen LogP contribution in [0.3, 0.4) is 0 Å². The van der Waals surface area contributed by atoms with Crippen molar-refractivity contribution in [3.8, 4) is 0 Å². The van der Waals surface area contributed by atoms with Crippen molar-refractivity contribution in [2.45, 2.75) is 19.4 Å². The van der Waals surface area contributed by atoms with Gasteiger partial charge >= 0.3 is 11.8 Å². The molecule has 0 aliphatic rings. The van der Waals surface area contributed by atoms with E-state index in [0.717, 1.165) is 5.56 Å². The van der Waals surface area contributed by atoms with Gasteiger partial charge in [0.25, 0.3) is 5.69 Å². The minimum absolute atomic E-state index is 0.0950. The highest BCUT2D eigenvalue weighted by molar-refractivity contribution is 7.07. The van der Waals surface area contributed by atoms with Crippen molar-refractivity contribution in [1.29, 1.82) is 0 Å². The van der Waals surface area contributed by atoms with Gasteiger partial charge in [-0.1, -0.05) is 0 Å². The Balaban J connectivity index is 1.84. The molecular weight excluding hydrogens is 346 g/mol. The molecule has 1 aromatic carbocycles. The van der Waals surface area contributed by atoms with Gasteiger partial charge in [-0.3, -0.25) is 19.7 Å². The Morgan fingerprint density at radius 1 is 1.32 bits per heavy atom. The third kappa shape index (κ3) is 5.10. The summed E-state index contributed by atoms with van der Waals surface area (Å²) < 4.78 is 0. The molecule has 1 unspecified atom stereocenters. The number of aliphatic hydroxyl groups is 1. The van der Waals surface area contributed by atoms with E-state index in [2.05, 4.69) is 10.6 Å². The molecule has 2 amide bonds. The third-order valence-electron chi connectivity index (χ3n) is 3.51. The summed E-state index contributed by atoms with van der Waals surface area (Å²) in [4.78, 5) is 33.8. The van der Waals surface area contributed by atoms with Crippen molar-refractivity contribution < 1.29 is 19.6 Å². The van der Waals surface area contributed by atoms with E-state index in [4.69, 9.17) is 0 Å². The molecule has 132 valence electrons. The number of amides is 2. The average Bonchev–Trinajstić information content (AvgIpc) is 3.10. The number of aliphatic hydroxyl groups excluding tert-OH is 1. The van der Waals surface area contributed by atoms with E-state index < -0.39 is 22.8 Å². The first-order valence-electron chi connectivity index (χ1n) is 7.43. The normalized spacial score (nSPS) is 11.6. The van der Waals surface area contributed by atoms with Crippen LogP contribution in [0.2, 0.25) is 0 Å². The zero-order chi connectivity index (χ0) is 18.4. The lowest BCUT2D eigenvalue weighted by atomic mass is 10.1. The van der Waals surface area contributed by atoms with Gasteiger partial charge in [0.15, 0.2) is 0 Å². The molecule has 0 aliphatic heterocycles. The SMILES string of the molecule is Cc1cc([N+](=O)[O-])ccc1NC(=O)C(=O)NCCC(O)c1ccsc1. The number of hydrogen-bond acceptors (Lipinski definition) is 6. The fourth-order valence-corrected chi connectivity index (χ4v) is 2.82. The fraction of sp³-hybridized carbons (Fsp3) is 0.250. The summed E-state index contributed by atoms with van der Waals surface area (Å²) in [6, 6.07) is 5.72. The van der Waals surface area contributed by atoms with Gasteiger partial charge in [0, 0.05) is 24.4 Å². The third-order valence-corrected chi connectivity index (χ3v) is 4.21. The number of nitrogens with one attached hydrogen (secondary N) is 2. The predicted molar refractivity (Wildman–Crippen MR) is 93.4 cm³/mol. The first-order chi connectivity index (χ1) is 11.9. The standard InChI is InChI=1S/C16H17N3O5S/c1-10-8-12(19(23)24)2-3-13(10)18-16(22)15(21)17-6-4-14(20)11-5-7-25-9-11/h2-3,5,7-9,14,20H,4,6H2,1H3,(H,17,21)(H,18,22). The molecule has 1 aromatic heterocycles. The largest absolute Gasteiger partial charge is 0.388 e.